The number of nitrogens with one attached hydrogen (secondary N) is 1. The maximum Gasteiger partial charge on any atom is 0.267 e. The van der Waals surface area contributed by atoms with E-state index in [9.17, 15) is 18.0 Å². The van der Waals surface area contributed by atoms with Crippen LogP contribution in [0.4, 0.5) is 0 Å². The summed E-state index contributed by atoms with van der Waals surface area (Å²) in [6.07, 6.45) is 4.45. The lowest BCUT2D eigenvalue weighted by molar-refractivity contribution is -0.119. The van der Waals surface area contributed by atoms with Crippen LogP contribution in [-0.2, 0) is 27.5 Å². The molecule has 0 bridgehead atoms. The number of nitrogens with zero attached hydrogens (tertiary/aromatic N) is 2. The Kier molecular flexibility index (Phi) is 6.28. The molecule has 1 saturated heterocycles. The highest BCUT2D eigenvalue weighted by Gasteiger charge is 2.29. The number of amides is 1. The standard InChI is InChI=1S/C22H22ClN3O4S3/c23-13-5-7-15(8-6-13)26-21(28)19-16-3-1-2-4-17(16)32-20(19)25-22(26)31-11-18(27)24-14-9-10-33(29,30)12-14/h5-8,14H,1-4,9-12H2,(H,24,27)/t14-/m0/s1. The Bertz CT molecular complexity index is 1400. The number of fused-ring (bicyclic) bond motifs is 3. The molecule has 2 aliphatic rings. The van der Waals surface area contributed by atoms with Crippen molar-refractivity contribution in [2.45, 2.75) is 43.3 Å². The largest absolute Gasteiger partial charge is 0.352 e. The first-order valence-electron chi connectivity index (χ1n) is 10.8. The maximum atomic E-state index is 13.7. The van der Waals surface area contributed by atoms with Gasteiger partial charge < -0.3 is 5.32 Å². The lowest BCUT2D eigenvalue weighted by Crippen LogP contribution is -2.36. The van der Waals surface area contributed by atoms with Crippen molar-refractivity contribution < 1.29 is 13.2 Å². The molecule has 1 fully saturated rings. The van der Waals surface area contributed by atoms with Crippen LogP contribution >= 0.6 is 34.7 Å². The van der Waals surface area contributed by atoms with E-state index in [1.165, 1.54) is 16.6 Å². The molecule has 2 aromatic heterocycles. The fourth-order valence-electron chi connectivity index (χ4n) is 4.41. The topological polar surface area (TPSA) is 98.1 Å². The first-order chi connectivity index (χ1) is 15.8. The third-order valence-corrected chi connectivity index (χ3v) is 10.1. The van der Waals surface area contributed by atoms with Gasteiger partial charge in [0.2, 0.25) is 5.91 Å². The van der Waals surface area contributed by atoms with E-state index in [-0.39, 0.29) is 34.8 Å². The van der Waals surface area contributed by atoms with Gasteiger partial charge in [0.15, 0.2) is 15.0 Å². The second-order valence-electron chi connectivity index (χ2n) is 8.36. The van der Waals surface area contributed by atoms with Gasteiger partial charge in [0.25, 0.3) is 5.56 Å². The van der Waals surface area contributed by atoms with Gasteiger partial charge in [-0.1, -0.05) is 23.4 Å². The molecule has 0 saturated carbocycles. The third-order valence-electron chi connectivity index (χ3n) is 5.97. The molecule has 1 N–H and O–H groups in total. The van der Waals surface area contributed by atoms with Gasteiger partial charge in [0.05, 0.1) is 28.3 Å². The number of rotatable bonds is 5. The van der Waals surface area contributed by atoms with Crippen LogP contribution in [0.15, 0.2) is 34.2 Å². The Morgan fingerprint density at radius 3 is 2.73 bits per heavy atom. The molecule has 1 aromatic carbocycles. The summed E-state index contributed by atoms with van der Waals surface area (Å²) in [5.41, 5.74) is 1.61. The average molecular weight is 524 g/mol. The number of thioether (sulfide) groups is 1. The van der Waals surface area contributed by atoms with E-state index in [0.717, 1.165) is 31.2 Å². The number of benzene rings is 1. The molecular weight excluding hydrogens is 502 g/mol. The molecule has 0 radical (unpaired) electrons. The van der Waals surface area contributed by atoms with Gasteiger partial charge in [-0.3, -0.25) is 14.2 Å². The quantitative estimate of drug-likeness (QED) is 0.406. The van der Waals surface area contributed by atoms with Crippen LogP contribution in [0.2, 0.25) is 5.02 Å². The van der Waals surface area contributed by atoms with Crippen LogP contribution < -0.4 is 10.9 Å². The number of halogens is 1. The minimum Gasteiger partial charge on any atom is -0.352 e. The van der Waals surface area contributed by atoms with Crippen molar-refractivity contribution in [2.24, 2.45) is 0 Å². The lowest BCUT2D eigenvalue weighted by atomic mass is 9.97. The van der Waals surface area contributed by atoms with Crippen LogP contribution in [0.1, 0.15) is 29.7 Å². The Balaban J connectivity index is 1.49. The summed E-state index contributed by atoms with van der Waals surface area (Å²) >= 11 is 8.80. The maximum absolute atomic E-state index is 13.7. The number of hydrogen-bond donors (Lipinski definition) is 1. The summed E-state index contributed by atoms with van der Waals surface area (Å²) in [4.78, 5) is 32.9. The summed E-state index contributed by atoms with van der Waals surface area (Å²) < 4.78 is 24.9. The van der Waals surface area contributed by atoms with E-state index in [2.05, 4.69) is 5.32 Å². The number of sulfone groups is 1. The van der Waals surface area contributed by atoms with Crippen molar-refractivity contribution in [2.75, 3.05) is 17.3 Å². The molecule has 1 atom stereocenters. The highest BCUT2D eigenvalue weighted by atomic mass is 35.5. The number of hydrogen-bond acceptors (Lipinski definition) is 7. The molecule has 7 nitrogen and oxygen atoms in total. The molecule has 0 unspecified atom stereocenters. The van der Waals surface area contributed by atoms with Crippen molar-refractivity contribution in [1.82, 2.24) is 14.9 Å². The predicted octanol–water partition coefficient (Wildman–Crippen LogP) is 3.37. The fourth-order valence-corrected chi connectivity index (χ4v) is 8.33. The monoisotopic (exact) mass is 523 g/mol. The Morgan fingerprint density at radius 2 is 2.00 bits per heavy atom. The molecule has 5 rings (SSSR count). The second-order valence-corrected chi connectivity index (χ2v) is 13.0. The van der Waals surface area contributed by atoms with E-state index >= 15 is 0 Å². The SMILES string of the molecule is O=C(CSc1nc2sc3c(c2c(=O)n1-c1ccc(Cl)cc1)CCCC3)N[C@H]1CCS(=O)(=O)C1. The van der Waals surface area contributed by atoms with E-state index in [4.69, 9.17) is 16.6 Å². The normalized spacial score (nSPS) is 19.5. The van der Waals surface area contributed by atoms with Crippen molar-refractivity contribution in [3.05, 3.63) is 50.1 Å². The molecule has 1 aliphatic heterocycles. The molecule has 0 spiro atoms. The predicted molar refractivity (Wildman–Crippen MR) is 133 cm³/mol. The summed E-state index contributed by atoms with van der Waals surface area (Å²) in [6.45, 7) is 0. The highest BCUT2D eigenvalue weighted by molar-refractivity contribution is 7.99. The summed E-state index contributed by atoms with van der Waals surface area (Å²) in [5, 5.41) is 4.47. The third kappa shape index (κ3) is 4.71. The zero-order valence-corrected chi connectivity index (χ0v) is 20.9. The lowest BCUT2D eigenvalue weighted by Gasteiger charge is -2.14. The van der Waals surface area contributed by atoms with Crippen LogP contribution in [0.5, 0.6) is 0 Å². The average Bonchev–Trinajstić information content (AvgIpc) is 3.32. The number of carbonyl (C=O) groups is 1. The van der Waals surface area contributed by atoms with Gasteiger partial charge in [-0.25, -0.2) is 13.4 Å². The van der Waals surface area contributed by atoms with Gasteiger partial charge in [0.1, 0.15) is 4.83 Å². The summed E-state index contributed by atoms with van der Waals surface area (Å²) in [7, 11) is -3.07. The summed E-state index contributed by atoms with van der Waals surface area (Å²) in [6, 6.07) is 6.62. The minimum atomic E-state index is -3.07. The van der Waals surface area contributed by atoms with Crippen LogP contribution in [0.25, 0.3) is 15.9 Å². The van der Waals surface area contributed by atoms with Crippen molar-refractivity contribution in [1.29, 1.82) is 0 Å². The van der Waals surface area contributed by atoms with Gasteiger partial charge in [-0.05, 0) is 61.9 Å². The van der Waals surface area contributed by atoms with E-state index in [0.29, 0.717) is 32.5 Å². The Hall–Kier alpha value is -1.88. The highest BCUT2D eigenvalue weighted by Crippen LogP contribution is 2.35. The zero-order valence-electron chi connectivity index (χ0n) is 17.7. The van der Waals surface area contributed by atoms with Gasteiger partial charge in [-0.2, -0.15) is 0 Å². The zero-order chi connectivity index (χ0) is 23.2. The fraction of sp³-hybridized carbons (Fsp3) is 0.409. The molecule has 11 heteroatoms. The van der Waals surface area contributed by atoms with Gasteiger partial charge in [0, 0.05) is 15.9 Å². The van der Waals surface area contributed by atoms with Crippen LogP contribution in [0.3, 0.4) is 0 Å². The van der Waals surface area contributed by atoms with Crippen LogP contribution in [0, 0.1) is 0 Å². The minimum absolute atomic E-state index is 0.0240. The first-order valence-corrected chi connectivity index (χ1v) is 14.8. The number of aromatic nitrogens is 2. The Morgan fingerprint density at radius 1 is 1.24 bits per heavy atom. The van der Waals surface area contributed by atoms with Crippen LogP contribution in [-0.4, -0.2) is 47.2 Å². The van der Waals surface area contributed by atoms with Gasteiger partial charge in [-0.15, -0.1) is 11.3 Å². The molecule has 33 heavy (non-hydrogen) atoms. The number of thiophene rings is 1. The molecule has 3 aromatic rings. The van der Waals surface area contributed by atoms with Crippen molar-refractivity contribution in [3.8, 4) is 5.69 Å². The molecule has 1 amide bonds. The molecule has 3 heterocycles. The molecular formula is C22H22ClN3O4S3. The summed E-state index contributed by atoms with van der Waals surface area (Å²) in [5.74, 6) is -0.163. The van der Waals surface area contributed by atoms with Crippen molar-refractivity contribution >= 4 is 60.7 Å². The van der Waals surface area contributed by atoms with E-state index in [1.807, 2.05) is 0 Å². The first kappa shape index (κ1) is 22.9. The Labute approximate surface area is 204 Å². The second kappa shape index (κ2) is 9.05. The van der Waals surface area contributed by atoms with E-state index in [1.54, 1.807) is 40.2 Å². The molecule has 1 aliphatic carbocycles. The molecule has 174 valence electrons. The van der Waals surface area contributed by atoms with E-state index < -0.39 is 9.84 Å². The smallest absolute Gasteiger partial charge is 0.267 e. The number of aryl methyl sites for hydroxylation is 2. The number of carbonyl (C=O) groups excluding carboxylic acids is 1. The van der Waals surface area contributed by atoms with Gasteiger partial charge >= 0.3 is 0 Å². The van der Waals surface area contributed by atoms with Crippen molar-refractivity contribution in [3.63, 3.8) is 0 Å².